The summed E-state index contributed by atoms with van der Waals surface area (Å²) in [5.41, 5.74) is 5.08. The van der Waals surface area contributed by atoms with Crippen LogP contribution in [0.4, 0.5) is 0 Å². The number of hydrogen-bond donors (Lipinski definition) is 9. The Morgan fingerprint density at radius 3 is 1.59 bits per heavy atom. The predicted molar refractivity (Wildman–Crippen MR) is 165 cm³/mol. The molecule has 0 aromatic rings. The topological polar surface area (TPSA) is 311 Å². The number of hydrogen-bond acceptors (Lipinski definition) is 14. The number of carbonyl (C=O) groups is 5. The Bertz CT molecular complexity index is 730. The molecule has 19 nitrogen and oxygen atoms in total. The lowest BCUT2D eigenvalue weighted by molar-refractivity contribution is -0.154. The lowest BCUT2D eigenvalue weighted by atomic mass is 10.2. The van der Waals surface area contributed by atoms with Crippen LogP contribution < -0.4 is 11.1 Å². The highest BCUT2D eigenvalue weighted by Crippen LogP contribution is 1.93. The molecule has 2 atom stereocenters. The summed E-state index contributed by atoms with van der Waals surface area (Å²) in [4.78, 5) is 47.5. The van der Waals surface area contributed by atoms with Gasteiger partial charge in [-0.1, -0.05) is 12.0 Å². The molecule has 0 aliphatic rings. The lowest BCUT2D eigenvalue weighted by Gasteiger charge is -2.11. The van der Waals surface area contributed by atoms with Crippen molar-refractivity contribution in [1.29, 1.82) is 0 Å². The number of carboxylic acids is 4. The molecule has 0 saturated heterocycles. The number of likely N-dealkylation sites (N-methyl/N-ethyl adjacent to an activating group) is 1. The third kappa shape index (κ3) is 97.2. The summed E-state index contributed by atoms with van der Waals surface area (Å²) in [6.07, 6.45) is 5.02. The SMILES string of the molecule is C#CCOC.CNCCN.COCC(O)C(O)C(=O)O.COCC=CC(=O)O.COCCC(=O)O.COCCCC(=O)O.O=CO. The second-order valence-corrected chi connectivity index (χ2v) is 7.26. The van der Waals surface area contributed by atoms with Crippen LogP contribution in [0.25, 0.3) is 0 Å². The molecule has 0 aliphatic carbocycles. The maximum atomic E-state index is 9.95. The number of nitrogens with two attached hydrogens (primary N) is 1. The quantitative estimate of drug-likeness (QED) is 0.0364. The van der Waals surface area contributed by atoms with Crippen molar-refractivity contribution < 1.29 is 83.4 Å². The monoisotopic (exact) mass is 678 g/mol. The molecule has 0 radical (unpaired) electrons. The molecule has 0 fully saturated rings. The van der Waals surface area contributed by atoms with Crippen LogP contribution in [0, 0.1) is 12.3 Å². The molecule has 19 heteroatoms. The van der Waals surface area contributed by atoms with E-state index in [1.54, 1.807) is 14.2 Å². The standard InChI is InChI=1S/C5H10O5.C5H10O3.C5H8O3.C4H8O3.C4H6O.C3H10N2.CH2O2/c1-10-2-3(6)4(7)5(8)9;2*1-8-4-2-3-5(6)7;1-7-3-2-4(5)6;1-3-4-5-2;1-5-3-2-4;2-1-3/h3-4,6-7H,2H2,1H3,(H,8,9);2-4H2,1H3,(H,6,7);2-3H,4H2,1H3,(H,6,7);2-3H2,1H3,(H,5,6);1H,4H2,2H3;5H,2-4H2,1H3;1H,(H,2,3). The molecule has 2 unspecified atom stereocenters. The van der Waals surface area contributed by atoms with Gasteiger partial charge >= 0.3 is 23.9 Å². The molecule has 0 spiro atoms. The Balaban J connectivity index is -0.0000000791. The Morgan fingerprint density at radius 2 is 1.37 bits per heavy atom. The molecule has 10 N–H and O–H groups in total. The zero-order chi connectivity index (χ0) is 37.6. The molecule has 0 bridgehead atoms. The van der Waals surface area contributed by atoms with E-state index in [1.165, 1.54) is 27.4 Å². The molecule has 0 aromatic heterocycles. The first kappa shape index (κ1) is 57.9. The Labute approximate surface area is 269 Å². The van der Waals surface area contributed by atoms with E-state index in [9.17, 15) is 19.2 Å². The summed E-state index contributed by atoms with van der Waals surface area (Å²) in [6, 6.07) is 0. The van der Waals surface area contributed by atoms with Gasteiger partial charge in [-0.2, -0.15) is 0 Å². The fourth-order valence-corrected chi connectivity index (χ4v) is 1.46. The van der Waals surface area contributed by atoms with Crippen LogP contribution in [-0.4, -0.2) is 167 Å². The van der Waals surface area contributed by atoms with Crippen LogP contribution in [0.1, 0.15) is 19.3 Å². The van der Waals surface area contributed by atoms with Gasteiger partial charge in [0.05, 0.1) is 26.2 Å². The van der Waals surface area contributed by atoms with Crippen molar-refractivity contribution in [2.75, 3.05) is 88.7 Å². The minimum Gasteiger partial charge on any atom is -0.483 e. The number of ether oxygens (including phenoxy) is 5. The molecule has 0 aromatic carbocycles. The van der Waals surface area contributed by atoms with Gasteiger partial charge in [-0.05, 0) is 13.5 Å². The van der Waals surface area contributed by atoms with Crippen LogP contribution in [0.3, 0.4) is 0 Å². The first-order valence-corrected chi connectivity index (χ1v) is 12.9. The minimum absolute atomic E-state index is 0.0938. The molecule has 46 heavy (non-hydrogen) atoms. The summed E-state index contributed by atoms with van der Waals surface area (Å²) >= 11 is 0. The van der Waals surface area contributed by atoms with Crippen molar-refractivity contribution >= 4 is 30.3 Å². The van der Waals surface area contributed by atoms with Gasteiger partial charge in [0, 0.05) is 67.7 Å². The van der Waals surface area contributed by atoms with E-state index in [0.717, 1.165) is 19.2 Å². The maximum absolute atomic E-state index is 9.95. The van der Waals surface area contributed by atoms with Crippen molar-refractivity contribution in [3.05, 3.63) is 12.2 Å². The summed E-state index contributed by atoms with van der Waals surface area (Å²) in [7, 11) is 9.29. The number of aliphatic carboxylic acids is 4. The van der Waals surface area contributed by atoms with Gasteiger partial charge in [-0.25, -0.2) is 9.59 Å². The van der Waals surface area contributed by atoms with Crippen LogP contribution in [0.15, 0.2) is 12.2 Å². The smallest absolute Gasteiger partial charge is 0.335 e. The van der Waals surface area contributed by atoms with Gasteiger partial charge in [0.15, 0.2) is 6.10 Å². The van der Waals surface area contributed by atoms with Gasteiger partial charge in [0.2, 0.25) is 0 Å². The predicted octanol–water partition coefficient (Wildman–Crippen LogP) is -1.55. The molecular weight excluding hydrogens is 624 g/mol. The zero-order valence-corrected chi connectivity index (χ0v) is 27.3. The number of aliphatic hydroxyl groups excluding tert-OH is 2. The zero-order valence-electron chi connectivity index (χ0n) is 27.3. The minimum atomic E-state index is -1.76. The van der Waals surface area contributed by atoms with Crippen molar-refractivity contribution in [1.82, 2.24) is 5.32 Å². The van der Waals surface area contributed by atoms with Crippen molar-refractivity contribution in [3.8, 4) is 12.3 Å². The third-order valence-corrected chi connectivity index (χ3v) is 3.36. The molecule has 0 heterocycles. The number of carboxylic acid groups (broad SMARTS) is 5. The first-order valence-electron chi connectivity index (χ1n) is 12.9. The molecule has 0 saturated carbocycles. The Hall–Kier alpha value is -3.71. The van der Waals surface area contributed by atoms with Crippen LogP contribution in [-0.2, 0) is 47.7 Å². The molecule has 274 valence electrons. The normalized spacial score (nSPS) is 10.1. The lowest BCUT2D eigenvalue weighted by Crippen LogP contribution is -2.36. The van der Waals surface area contributed by atoms with Gasteiger partial charge in [-0.3, -0.25) is 14.4 Å². The molecule has 0 amide bonds. The summed E-state index contributed by atoms with van der Waals surface area (Å²) in [5, 5.41) is 59.3. The first-order chi connectivity index (χ1) is 21.6. The molecule has 0 aliphatic heterocycles. The highest BCUT2D eigenvalue weighted by molar-refractivity contribution is 5.79. The Morgan fingerprint density at radius 1 is 0.870 bits per heavy atom. The van der Waals surface area contributed by atoms with Crippen LogP contribution >= 0.6 is 0 Å². The van der Waals surface area contributed by atoms with Gasteiger partial charge < -0.3 is 70.5 Å². The van der Waals surface area contributed by atoms with E-state index >= 15 is 0 Å². The van der Waals surface area contributed by atoms with Gasteiger partial charge in [0.1, 0.15) is 12.7 Å². The second-order valence-electron chi connectivity index (χ2n) is 7.26. The molecule has 0 rings (SSSR count). The van der Waals surface area contributed by atoms with E-state index in [4.69, 9.17) is 52.7 Å². The number of nitrogens with one attached hydrogen (secondary N) is 1. The maximum Gasteiger partial charge on any atom is 0.335 e. The fourth-order valence-electron chi connectivity index (χ4n) is 1.46. The van der Waals surface area contributed by atoms with Crippen molar-refractivity contribution in [2.24, 2.45) is 5.73 Å². The van der Waals surface area contributed by atoms with Crippen LogP contribution in [0.2, 0.25) is 0 Å². The summed E-state index contributed by atoms with van der Waals surface area (Å²) in [6.45, 7) is 2.82. The second kappa shape index (κ2) is 57.0. The number of aliphatic hydroxyl groups is 2. The van der Waals surface area contributed by atoms with E-state index in [1.807, 2.05) is 7.05 Å². The van der Waals surface area contributed by atoms with E-state index < -0.39 is 36.1 Å². The summed E-state index contributed by atoms with van der Waals surface area (Å²) in [5.74, 6) is -1.68. The van der Waals surface area contributed by atoms with Crippen LogP contribution in [0.5, 0.6) is 0 Å². The van der Waals surface area contributed by atoms with Gasteiger partial charge in [-0.15, -0.1) is 6.42 Å². The van der Waals surface area contributed by atoms with E-state index in [0.29, 0.717) is 32.8 Å². The molecular formula is C27H54N2O17. The highest BCUT2D eigenvalue weighted by Gasteiger charge is 2.22. The third-order valence-electron chi connectivity index (χ3n) is 3.36. The number of methoxy groups -OCH3 is 5. The number of terminal acetylenes is 1. The van der Waals surface area contributed by atoms with Crippen molar-refractivity contribution in [3.63, 3.8) is 0 Å². The van der Waals surface area contributed by atoms with E-state index in [2.05, 4.69) is 34.9 Å². The average Bonchev–Trinajstić information content (AvgIpc) is 2.98. The summed E-state index contributed by atoms with van der Waals surface area (Å²) < 4.78 is 22.5. The highest BCUT2D eigenvalue weighted by atomic mass is 16.5. The van der Waals surface area contributed by atoms with Crippen molar-refractivity contribution in [2.45, 2.75) is 31.5 Å². The fraction of sp³-hybridized carbons (Fsp3) is 0.667. The van der Waals surface area contributed by atoms with Gasteiger partial charge in [0.25, 0.3) is 6.47 Å². The average molecular weight is 679 g/mol. The van der Waals surface area contributed by atoms with E-state index in [-0.39, 0.29) is 25.9 Å². The largest absolute Gasteiger partial charge is 0.483 e. The Kier molecular flexibility index (Phi) is 71.7. The number of rotatable bonds is 17.